The van der Waals surface area contributed by atoms with Crippen molar-refractivity contribution in [2.45, 2.75) is 39.7 Å². The number of anilines is 1. The van der Waals surface area contributed by atoms with E-state index in [-0.39, 0.29) is 5.91 Å². The molecule has 3 rings (SSSR count). The van der Waals surface area contributed by atoms with E-state index in [0.29, 0.717) is 28.2 Å². The number of aryl methyl sites for hydroxylation is 1. The number of hydrogen-bond acceptors (Lipinski definition) is 4. The molecule has 0 unspecified atom stereocenters. The molecule has 1 aromatic heterocycles. The molecule has 1 N–H and O–H groups in total. The molecule has 0 radical (unpaired) electrons. The van der Waals surface area contributed by atoms with Gasteiger partial charge in [-0.1, -0.05) is 44.2 Å². The van der Waals surface area contributed by atoms with Crippen molar-refractivity contribution in [2.75, 3.05) is 5.32 Å². The molecule has 1 amide bonds. The maximum Gasteiger partial charge on any atom is 0.339 e. The average molecular weight is 376 g/mol. The lowest BCUT2D eigenvalue weighted by atomic mass is 10.0. The summed E-state index contributed by atoms with van der Waals surface area (Å²) in [6.07, 6.45) is -0.926. The zero-order chi connectivity index (χ0) is 20.3. The molecule has 0 fully saturated rings. The maximum atomic E-state index is 12.7. The molecule has 0 spiro atoms. The van der Waals surface area contributed by atoms with Gasteiger partial charge in [-0.25, -0.2) is 4.79 Å². The minimum absolute atomic E-state index is 0.374. The zero-order valence-electron chi connectivity index (χ0n) is 16.5. The number of rotatable bonds is 5. The first-order valence-corrected chi connectivity index (χ1v) is 9.33. The van der Waals surface area contributed by atoms with Crippen LogP contribution < -0.4 is 5.32 Å². The molecule has 144 valence electrons. The number of carbonyl (C=O) groups is 2. The van der Waals surface area contributed by atoms with Crippen LogP contribution in [0.2, 0.25) is 0 Å². The SMILES string of the molecule is Cc1cc(C(=O)O[C@H](C)C(=O)Nc2ccc(C(C)C)cc2)c2ccccc2n1. The predicted octanol–water partition coefficient (Wildman–Crippen LogP) is 4.85. The van der Waals surface area contributed by atoms with Crippen LogP contribution in [0.25, 0.3) is 10.9 Å². The smallest absolute Gasteiger partial charge is 0.339 e. The molecular formula is C23H24N2O3. The van der Waals surface area contributed by atoms with Crippen LogP contribution in [-0.2, 0) is 9.53 Å². The zero-order valence-corrected chi connectivity index (χ0v) is 16.5. The van der Waals surface area contributed by atoms with Crippen LogP contribution in [0, 0.1) is 6.92 Å². The van der Waals surface area contributed by atoms with Crippen molar-refractivity contribution in [3.8, 4) is 0 Å². The minimum Gasteiger partial charge on any atom is -0.449 e. The Kier molecular flexibility index (Phi) is 5.73. The van der Waals surface area contributed by atoms with Crippen LogP contribution >= 0.6 is 0 Å². The van der Waals surface area contributed by atoms with Gasteiger partial charge in [0.25, 0.3) is 5.91 Å². The van der Waals surface area contributed by atoms with E-state index in [9.17, 15) is 9.59 Å². The van der Waals surface area contributed by atoms with Crippen molar-refractivity contribution < 1.29 is 14.3 Å². The molecule has 2 aromatic carbocycles. The summed E-state index contributed by atoms with van der Waals surface area (Å²) >= 11 is 0. The third-order valence-electron chi connectivity index (χ3n) is 4.56. The third kappa shape index (κ3) is 4.36. The Morgan fingerprint density at radius 3 is 2.36 bits per heavy atom. The fourth-order valence-corrected chi connectivity index (χ4v) is 2.95. The second kappa shape index (κ2) is 8.21. The summed E-state index contributed by atoms with van der Waals surface area (Å²) in [7, 11) is 0. The van der Waals surface area contributed by atoms with Crippen molar-refractivity contribution in [1.82, 2.24) is 4.98 Å². The number of benzene rings is 2. The summed E-state index contributed by atoms with van der Waals surface area (Å²) in [5.74, 6) is -0.497. The van der Waals surface area contributed by atoms with Gasteiger partial charge in [-0.3, -0.25) is 9.78 Å². The number of ether oxygens (including phenoxy) is 1. The third-order valence-corrected chi connectivity index (χ3v) is 4.56. The number of fused-ring (bicyclic) bond motifs is 1. The predicted molar refractivity (Wildman–Crippen MR) is 111 cm³/mol. The fourth-order valence-electron chi connectivity index (χ4n) is 2.95. The topological polar surface area (TPSA) is 68.3 Å². The number of pyridine rings is 1. The highest BCUT2D eigenvalue weighted by atomic mass is 16.5. The van der Waals surface area contributed by atoms with E-state index in [1.54, 1.807) is 13.0 Å². The molecular weight excluding hydrogens is 352 g/mol. The quantitative estimate of drug-likeness (QED) is 0.646. The summed E-state index contributed by atoms with van der Waals surface area (Å²) < 4.78 is 5.42. The van der Waals surface area contributed by atoms with E-state index in [4.69, 9.17) is 4.74 Å². The van der Waals surface area contributed by atoms with Gasteiger partial charge >= 0.3 is 5.97 Å². The average Bonchev–Trinajstić information content (AvgIpc) is 2.67. The van der Waals surface area contributed by atoms with Gasteiger partial charge in [0.2, 0.25) is 0 Å². The van der Waals surface area contributed by atoms with E-state index in [2.05, 4.69) is 24.1 Å². The Balaban J connectivity index is 1.71. The number of nitrogens with one attached hydrogen (secondary N) is 1. The van der Waals surface area contributed by atoms with Crippen LogP contribution in [0.5, 0.6) is 0 Å². The highest BCUT2D eigenvalue weighted by Crippen LogP contribution is 2.20. The molecule has 0 aliphatic carbocycles. The number of aromatic nitrogens is 1. The van der Waals surface area contributed by atoms with E-state index in [1.807, 2.05) is 55.5 Å². The molecule has 28 heavy (non-hydrogen) atoms. The number of amides is 1. The molecule has 0 bridgehead atoms. The number of hydrogen-bond donors (Lipinski definition) is 1. The molecule has 0 saturated heterocycles. The number of nitrogens with zero attached hydrogens (tertiary/aromatic N) is 1. The van der Waals surface area contributed by atoms with Crippen LogP contribution in [0.4, 0.5) is 5.69 Å². The van der Waals surface area contributed by atoms with Gasteiger partial charge in [-0.05, 0) is 49.6 Å². The highest BCUT2D eigenvalue weighted by Gasteiger charge is 2.21. The van der Waals surface area contributed by atoms with E-state index < -0.39 is 12.1 Å². The van der Waals surface area contributed by atoms with Gasteiger partial charge in [0.15, 0.2) is 6.10 Å². The molecule has 0 aliphatic rings. The van der Waals surface area contributed by atoms with Crippen molar-refractivity contribution >= 4 is 28.5 Å². The first-order chi connectivity index (χ1) is 13.3. The fraction of sp³-hybridized carbons (Fsp3) is 0.261. The van der Waals surface area contributed by atoms with Crippen LogP contribution in [-0.4, -0.2) is 23.0 Å². The Morgan fingerprint density at radius 1 is 1.00 bits per heavy atom. The molecule has 1 atom stereocenters. The van der Waals surface area contributed by atoms with E-state index in [1.165, 1.54) is 5.56 Å². The summed E-state index contributed by atoms with van der Waals surface area (Å²) in [5.41, 5.74) is 3.70. The van der Waals surface area contributed by atoms with Gasteiger partial charge in [0.05, 0.1) is 11.1 Å². The summed E-state index contributed by atoms with van der Waals surface area (Å²) in [4.78, 5) is 29.5. The van der Waals surface area contributed by atoms with Gasteiger partial charge in [0.1, 0.15) is 0 Å². The standard InChI is InChI=1S/C23H24N2O3/c1-14(2)17-9-11-18(12-10-17)25-22(26)16(4)28-23(27)20-13-15(3)24-21-8-6-5-7-19(20)21/h5-14,16H,1-4H3,(H,25,26)/t16-/m1/s1. The second-order valence-electron chi connectivity index (χ2n) is 7.14. The van der Waals surface area contributed by atoms with Crippen LogP contribution in [0.15, 0.2) is 54.6 Å². The van der Waals surface area contributed by atoms with Gasteiger partial charge in [-0.15, -0.1) is 0 Å². The van der Waals surface area contributed by atoms with E-state index in [0.717, 1.165) is 5.52 Å². The van der Waals surface area contributed by atoms with Gasteiger partial charge in [0, 0.05) is 16.8 Å². The lowest BCUT2D eigenvalue weighted by Crippen LogP contribution is -2.30. The summed E-state index contributed by atoms with van der Waals surface area (Å²) in [6.45, 7) is 7.60. The molecule has 1 heterocycles. The van der Waals surface area contributed by atoms with Crippen molar-refractivity contribution in [1.29, 1.82) is 0 Å². The van der Waals surface area contributed by atoms with Crippen molar-refractivity contribution in [3.63, 3.8) is 0 Å². The number of esters is 1. The molecule has 0 saturated carbocycles. The second-order valence-corrected chi connectivity index (χ2v) is 7.14. The largest absolute Gasteiger partial charge is 0.449 e. The Morgan fingerprint density at radius 2 is 1.68 bits per heavy atom. The lowest BCUT2D eigenvalue weighted by molar-refractivity contribution is -0.123. The molecule has 5 nitrogen and oxygen atoms in total. The normalized spacial score (nSPS) is 12.0. The van der Waals surface area contributed by atoms with Gasteiger partial charge < -0.3 is 10.1 Å². The minimum atomic E-state index is -0.926. The Labute approximate surface area is 164 Å². The van der Waals surface area contributed by atoms with E-state index >= 15 is 0 Å². The monoisotopic (exact) mass is 376 g/mol. The van der Waals surface area contributed by atoms with Gasteiger partial charge in [-0.2, -0.15) is 0 Å². The highest BCUT2D eigenvalue weighted by molar-refractivity contribution is 6.05. The summed E-state index contributed by atoms with van der Waals surface area (Å²) in [5, 5.41) is 3.49. The Bertz CT molecular complexity index is 1010. The summed E-state index contributed by atoms with van der Waals surface area (Å²) in [6, 6.07) is 16.7. The maximum absolute atomic E-state index is 12.7. The number of carbonyl (C=O) groups excluding carboxylic acids is 2. The first kappa shape index (κ1) is 19.5. The lowest BCUT2D eigenvalue weighted by Gasteiger charge is -2.15. The van der Waals surface area contributed by atoms with Crippen LogP contribution in [0.3, 0.4) is 0 Å². The Hall–Kier alpha value is -3.21. The molecule has 5 heteroatoms. The van der Waals surface area contributed by atoms with Crippen molar-refractivity contribution in [2.24, 2.45) is 0 Å². The molecule has 3 aromatic rings. The van der Waals surface area contributed by atoms with Crippen LogP contribution in [0.1, 0.15) is 48.3 Å². The molecule has 0 aliphatic heterocycles. The van der Waals surface area contributed by atoms with Crippen molar-refractivity contribution in [3.05, 3.63) is 71.4 Å². The number of para-hydroxylation sites is 1. The first-order valence-electron chi connectivity index (χ1n) is 9.33.